The van der Waals surface area contributed by atoms with Gasteiger partial charge in [-0.1, -0.05) is 0 Å². The van der Waals surface area contributed by atoms with Gasteiger partial charge in [-0.15, -0.1) is 0 Å². The van der Waals surface area contributed by atoms with Crippen LogP contribution in [0.5, 0.6) is 0 Å². The standard InChI is InChI=1S/C20H22N4O4/c1-23(2)13-5-8-24(9-6-13)19-16(20(26)27)17(25)15(28-19)10-12-11-22-18-14(12)4-3-7-21-18/h3-4,7,10-11,13H,5-6,8-9H2,1-2H3,(H,21,22)(H,26,27)/b15-10-. The van der Waals surface area contributed by atoms with Gasteiger partial charge >= 0.3 is 5.97 Å². The molecule has 28 heavy (non-hydrogen) atoms. The van der Waals surface area contributed by atoms with Gasteiger partial charge in [-0.3, -0.25) is 4.79 Å². The van der Waals surface area contributed by atoms with Gasteiger partial charge < -0.3 is 24.6 Å². The molecule has 146 valence electrons. The molecule has 4 heterocycles. The van der Waals surface area contributed by atoms with Crippen molar-refractivity contribution in [1.29, 1.82) is 0 Å². The molecule has 2 aromatic heterocycles. The number of carboxylic acids is 1. The number of ether oxygens (including phenoxy) is 1. The van der Waals surface area contributed by atoms with Gasteiger partial charge in [0.05, 0.1) is 0 Å². The smallest absolute Gasteiger partial charge is 0.345 e. The molecule has 0 amide bonds. The number of allylic oxidation sites excluding steroid dienone is 1. The SMILES string of the molecule is CN(C)C1CCN(C2=C(C(=O)O)C(=O)/C(=C/c3c[nH]c4ncccc34)O2)CC1. The van der Waals surface area contributed by atoms with Crippen LogP contribution in [0.1, 0.15) is 18.4 Å². The number of Topliss-reactive ketones (excluding diaryl/α,β-unsaturated/α-hetero) is 1. The number of hydrogen-bond acceptors (Lipinski definition) is 6. The quantitative estimate of drug-likeness (QED) is 0.615. The summed E-state index contributed by atoms with van der Waals surface area (Å²) in [5.41, 5.74) is 1.12. The van der Waals surface area contributed by atoms with Crippen molar-refractivity contribution in [3.63, 3.8) is 0 Å². The number of nitrogens with one attached hydrogen (secondary N) is 1. The summed E-state index contributed by atoms with van der Waals surface area (Å²) in [7, 11) is 4.07. The summed E-state index contributed by atoms with van der Waals surface area (Å²) in [4.78, 5) is 35.8. The zero-order valence-corrected chi connectivity index (χ0v) is 15.8. The number of piperidine rings is 1. The summed E-state index contributed by atoms with van der Waals surface area (Å²) in [5, 5.41) is 10.4. The molecule has 0 aliphatic carbocycles. The molecule has 2 N–H and O–H groups in total. The zero-order valence-electron chi connectivity index (χ0n) is 15.8. The van der Waals surface area contributed by atoms with E-state index < -0.39 is 11.8 Å². The molecule has 8 heteroatoms. The Balaban J connectivity index is 1.62. The zero-order chi connectivity index (χ0) is 19.8. The van der Waals surface area contributed by atoms with E-state index in [0.29, 0.717) is 24.8 Å². The van der Waals surface area contributed by atoms with Crippen molar-refractivity contribution in [2.75, 3.05) is 27.2 Å². The van der Waals surface area contributed by atoms with Crippen LogP contribution < -0.4 is 0 Å². The maximum absolute atomic E-state index is 12.7. The number of pyridine rings is 1. The van der Waals surface area contributed by atoms with Crippen LogP contribution in [0, 0.1) is 0 Å². The summed E-state index contributed by atoms with van der Waals surface area (Å²) < 4.78 is 5.79. The third-order valence-electron chi connectivity index (χ3n) is 5.34. The summed E-state index contributed by atoms with van der Waals surface area (Å²) in [5.74, 6) is -1.69. The Bertz CT molecular complexity index is 997. The Morgan fingerprint density at radius 2 is 2.14 bits per heavy atom. The maximum atomic E-state index is 12.7. The molecule has 4 rings (SSSR count). The van der Waals surface area contributed by atoms with Gasteiger partial charge in [0.15, 0.2) is 11.3 Å². The van der Waals surface area contributed by atoms with Crippen LogP contribution in [0.25, 0.3) is 17.1 Å². The first kappa shape index (κ1) is 18.2. The summed E-state index contributed by atoms with van der Waals surface area (Å²) in [6.45, 7) is 1.29. The predicted molar refractivity (Wildman–Crippen MR) is 103 cm³/mol. The van der Waals surface area contributed by atoms with Gasteiger partial charge in [0.1, 0.15) is 5.65 Å². The molecular weight excluding hydrogens is 360 g/mol. The molecule has 0 unspecified atom stereocenters. The first-order valence-corrected chi connectivity index (χ1v) is 9.21. The molecule has 1 saturated heterocycles. The molecular formula is C20H22N4O4. The van der Waals surface area contributed by atoms with Gasteiger partial charge in [0, 0.05) is 42.5 Å². The largest absolute Gasteiger partial charge is 0.477 e. The number of hydrogen-bond donors (Lipinski definition) is 2. The van der Waals surface area contributed by atoms with Crippen molar-refractivity contribution >= 4 is 28.9 Å². The highest BCUT2D eigenvalue weighted by Crippen LogP contribution is 2.32. The van der Waals surface area contributed by atoms with Gasteiger partial charge in [0.25, 0.3) is 0 Å². The van der Waals surface area contributed by atoms with Crippen molar-refractivity contribution in [2.45, 2.75) is 18.9 Å². The highest BCUT2D eigenvalue weighted by atomic mass is 16.5. The van der Waals surface area contributed by atoms with E-state index in [0.717, 1.165) is 23.8 Å². The minimum Gasteiger partial charge on any atom is -0.477 e. The minimum absolute atomic E-state index is 0.0203. The normalized spacial score (nSPS) is 19.9. The summed E-state index contributed by atoms with van der Waals surface area (Å²) in [6, 6.07) is 4.12. The van der Waals surface area contributed by atoms with Crippen molar-refractivity contribution in [1.82, 2.24) is 19.8 Å². The van der Waals surface area contributed by atoms with E-state index in [1.165, 1.54) is 0 Å². The number of rotatable bonds is 4. The predicted octanol–water partition coefficient (Wildman–Crippen LogP) is 1.83. The van der Waals surface area contributed by atoms with Gasteiger partial charge in [0.2, 0.25) is 11.7 Å². The lowest BCUT2D eigenvalue weighted by Crippen LogP contribution is -2.42. The van der Waals surface area contributed by atoms with Gasteiger partial charge in [-0.05, 0) is 45.1 Å². The van der Waals surface area contributed by atoms with Crippen molar-refractivity contribution in [3.8, 4) is 0 Å². The number of aliphatic carboxylic acids is 1. The van der Waals surface area contributed by atoms with Crippen molar-refractivity contribution < 1.29 is 19.4 Å². The fraction of sp³-hybridized carbons (Fsp3) is 0.350. The van der Waals surface area contributed by atoms with E-state index >= 15 is 0 Å². The molecule has 0 spiro atoms. The van der Waals surface area contributed by atoms with E-state index in [9.17, 15) is 14.7 Å². The first-order valence-electron chi connectivity index (χ1n) is 9.21. The second-order valence-electron chi connectivity index (χ2n) is 7.25. The third kappa shape index (κ3) is 3.16. The molecule has 1 fully saturated rings. The number of H-pyrrole nitrogens is 1. The Morgan fingerprint density at radius 3 is 2.82 bits per heavy atom. The molecule has 0 saturated carbocycles. The number of nitrogens with zero attached hydrogens (tertiary/aromatic N) is 3. The molecule has 0 atom stereocenters. The van der Waals surface area contributed by atoms with Crippen LogP contribution in [0.15, 0.2) is 41.7 Å². The fourth-order valence-electron chi connectivity index (χ4n) is 3.75. The van der Waals surface area contributed by atoms with Crippen molar-refractivity contribution in [2.24, 2.45) is 0 Å². The average molecular weight is 382 g/mol. The molecule has 0 aromatic carbocycles. The number of likely N-dealkylation sites (tertiary alicyclic amines) is 1. The number of aromatic amines is 1. The topological polar surface area (TPSA) is 98.8 Å². The Morgan fingerprint density at radius 1 is 1.39 bits per heavy atom. The third-order valence-corrected chi connectivity index (χ3v) is 5.34. The maximum Gasteiger partial charge on any atom is 0.345 e. The van der Waals surface area contributed by atoms with Crippen LogP contribution in [0.4, 0.5) is 0 Å². The lowest BCUT2D eigenvalue weighted by molar-refractivity contribution is -0.134. The first-order chi connectivity index (χ1) is 13.5. The molecule has 2 aromatic rings. The van der Waals surface area contributed by atoms with Gasteiger partial charge in [-0.2, -0.15) is 0 Å². The van der Waals surface area contributed by atoms with Gasteiger partial charge in [-0.25, -0.2) is 9.78 Å². The Kier molecular flexibility index (Phi) is 4.64. The molecule has 0 bridgehead atoms. The highest BCUT2D eigenvalue weighted by molar-refractivity contribution is 6.26. The van der Waals surface area contributed by atoms with Crippen LogP contribution in [-0.4, -0.2) is 69.9 Å². The van der Waals surface area contributed by atoms with Crippen LogP contribution in [0.2, 0.25) is 0 Å². The monoisotopic (exact) mass is 382 g/mol. The summed E-state index contributed by atoms with van der Waals surface area (Å²) >= 11 is 0. The molecule has 2 aliphatic heterocycles. The fourth-order valence-corrected chi connectivity index (χ4v) is 3.75. The average Bonchev–Trinajstić information content (AvgIpc) is 3.24. The van der Waals surface area contributed by atoms with Crippen LogP contribution >= 0.6 is 0 Å². The van der Waals surface area contributed by atoms with E-state index in [-0.39, 0.29) is 17.2 Å². The Labute approximate surface area is 162 Å². The van der Waals surface area contributed by atoms with Crippen LogP contribution in [0.3, 0.4) is 0 Å². The lowest BCUT2D eigenvalue weighted by atomic mass is 10.0. The van der Waals surface area contributed by atoms with E-state index in [1.807, 2.05) is 25.1 Å². The molecule has 0 radical (unpaired) electrons. The number of carboxylic acid groups (broad SMARTS) is 1. The van der Waals surface area contributed by atoms with E-state index in [2.05, 4.69) is 14.9 Å². The van der Waals surface area contributed by atoms with E-state index in [4.69, 9.17) is 4.74 Å². The number of aromatic nitrogens is 2. The second kappa shape index (κ2) is 7.12. The van der Waals surface area contributed by atoms with Crippen molar-refractivity contribution in [3.05, 3.63) is 47.3 Å². The summed E-state index contributed by atoms with van der Waals surface area (Å²) in [6.07, 6.45) is 6.74. The molecule has 2 aliphatic rings. The van der Waals surface area contributed by atoms with Crippen LogP contribution in [-0.2, 0) is 14.3 Å². The lowest BCUT2D eigenvalue weighted by Gasteiger charge is -2.36. The molecule has 8 nitrogen and oxygen atoms in total. The second-order valence-corrected chi connectivity index (χ2v) is 7.25. The van der Waals surface area contributed by atoms with E-state index in [1.54, 1.807) is 24.5 Å². The Hall–Kier alpha value is -3.13. The number of fused-ring (bicyclic) bond motifs is 1. The number of carbonyl (C=O) groups is 2. The highest BCUT2D eigenvalue weighted by Gasteiger charge is 2.39. The number of ketones is 1. The minimum atomic E-state index is -1.27. The number of carbonyl (C=O) groups excluding carboxylic acids is 1.